The molecule has 3 rings (SSSR count). The zero-order valence-corrected chi connectivity index (χ0v) is 20.4. The summed E-state index contributed by atoms with van der Waals surface area (Å²) in [5.41, 5.74) is 1.12. The van der Waals surface area contributed by atoms with Gasteiger partial charge in [0, 0.05) is 18.9 Å². The van der Waals surface area contributed by atoms with Gasteiger partial charge >= 0.3 is 5.97 Å². The molecular formula is C27H40O5. The Balaban J connectivity index is 1.74. The van der Waals surface area contributed by atoms with Crippen molar-refractivity contribution < 1.29 is 23.8 Å². The average Bonchev–Trinajstić information content (AvgIpc) is 3.22. The number of carbonyl (C=O) groups excluding carboxylic acids is 2. The number of aliphatic hydroxyl groups is 1. The highest BCUT2D eigenvalue weighted by molar-refractivity contribution is 5.73. The second-order valence-corrected chi connectivity index (χ2v) is 11.2. The highest BCUT2D eigenvalue weighted by atomic mass is 16.5. The van der Waals surface area contributed by atoms with Gasteiger partial charge in [-0.15, -0.1) is 0 Å². The molecule has 0 spiro atoms. The summed E-state index contributed by atoms with van der Waals surface area (Å²) in [5, 5.41) is 11.4. The molecule has 0 aromatic carbocycles. The molecule has 1 N–H and O–H groups in total. The Morgan fingerprint density at radius 2 is 2.03 bits per heavy atom. The predicted octanol–water partition coefficient (Wildman–Crippen LogP) is 6.17. The predicted molar refractivity (Wildman–Crippen MR) is 124 cm³/mol. The molecular weight excluding hydrogens is 404 g/mol. The fraction of sp³-hybridized carbons (Fsp3) is 0.704. The fourth-order valence-electron chi connectivity index (χ4n) is 6.95. The Morgan fingerprint density at radius 3 is 2.66 bits per heavy atom. The van der Waals surface area contributed by atoms with Crippen LogP contribution in [0.2, 0.25) is 0 Å². The molecule has 5 heteroatoms. The molecule has 0 radical (unpaired) electrons. The quantitative estimate of drug-likeness (QED) is 0.295. The molecule has 2 aliphatic carbocycles. The van der Waals surface area contributed by atoms with Crippen molar-refractivity contribution in [3.8, 4) is 0 Å². The lowest BCUT2D eigenvalue weighted by Gasteiger charge is -2.61. The van der Waals surface area contributed by atoms with Gasteiger partial charge in [-0.05, 0) is 79.8 Å². The lowest BCUT2D eigenvalue weighted by molar-refractivity contribution is -0.169. The Kier molecular flexibility index (Phi) is 7.38. The Bertz CT molecular complexity index is 819. The topological polar surface area (TPSA) is 76.7 Å². The number of hydrogen-bond acceptors (Lipinski definition) is 5. The fourth-order valence-corrected chi connectivity index (χ4v) is 6.95. The number of rotatable bonds is 8. The van der Waals surface area contributed by atoms with Crippen molar-refractivity contribution >= 4 is 12.3 Å². The third kappa shape index (κ3) is 5.19. The molecule has 0 saturated heterocycles. The Hall–Kier alpha value is -1.88. The molecule has 0 bridgehead atoms. The molecule has 2 aliphatic rings. The molecule has 32 heavy (non-hydrogen) atoms. The van der Waals surface area contributed by atoms with Gasteiger partial charge in [-0.25, -0.2) is 0 Å². The minimum absolute atomic E-state index is 0.0779. The lowest BCUT2D eigenvalue weighted by Crippen LogP contribution is -2.57. The van der Waals surface area contributed by atoms with Crippen LogP contribution in [0, 0.1) is 22.7 Å². The van der Waals surface area contributed by atoms with E-state index in [1.165, 1.54) is 19.8 Å². The maximum absolute atomic E-state index is 11.9. The van der Waals surface area contributed by atoms with Gasteiger partial charge in [0.25, 0.3) is 0 Å². The zero-order chi connectivity index (χ0) is 23.6. The van der Waals surface area contributed by atoms with Crippen molar-refractivity contribution in [2.45, 2.75) is 97.7 Å². The number of furan rings is 1. The number of carbonyl (C=O) groups is 2. The number of esters is 1. The smallest absolute Gasteiger partial charge is 0.303 e. The van der Waals surface area contributed by atoms with Crippen LogP contribution < -0.4 is 0 Å². The lowest BCUT2D eigenvalue weighted by atomic mass is 9.45. The molecule has 0 aliphatic heterocycles. The number of ether oxygens (including phenoxy) is 1. The minimum atomic E-state index is -0.719. The van der Waals surface area contributed by atoms with Crippen LogP contribution in [0.4, 0.5) is 0 Å². The van der Waals surface area contributed by atoms with E-state index in [-0.39, 0.29) is 22.7 Å². The van der Waals surface area contributed by atoms with Crippen molar-refractivity contribution in [3.63, 3.8) is 0 Å². The molecule has 1 aromatic heterocycles. The summed E-state index contributed by atoms with van der Waals surface area (Å²) in [6.45, 7) is 10.5. The van der Waals surface area contributed by atoms with Gasteiger partial charge < -0.3 is 14.3 Å². The molecule has 1 aromatic rings. The first-order chi connectivity index (χ1) is 15.0. The molecule has 178 valence electrons. The van der Waals surface area contributed by atoms with Crippen molar-refractivity contribution in [1.82, 2.24) is 0 Å². The molecule has 5 atom stereocenters. The van der Waals surface area contributed by atoms with E-state index in [0.717, 1.165) is 37.5 Å². The molecule has 0 unspecified atom stereocenters. The first-order valence-electron chi connectivity index (χ1n) is 12.1. The van der Waals surface area contributed by atoms with Crippen molar-refractivity contribution in [2.24, 2.45) is 22.7 Å². The number of allylic oxidation sites excluding steroid dienone is 1. The normalized spacial score (nSPS) is 33.2. The highest BCUT2D eigenvalue weighted by Gasteiger charge is 2.57. The summed E-state index contributed by atoms with van der Waals surface area (Å²) in [4.78, 5) is 23.4. The van der Waals surface area contributed by atoms with E-state index < -0.39 is 11.7 Å². The summed E-state index contributed by atoms with van der Waals surface area (Å²) in [7, 11) is 0. The van der Waals surface area contributed by atoms with Gasteiger partial charge in [-0.3, -0.25) is 9.59 Å². The number of aldehydes is 1. The van der Waals surface area contributed by atoms with Gasteiger partial charge in [-0.1, -0.05) is 33.3 Å². The van der Waals surface area contributed by atoms with Crippen LogP contribution in [0.1, 0.15) is 97.7 Å². The van der Waals surface area contributed by atoms with Gasteiger partial charge in [-0.2, -0.15) is 0 Å². The maximum Gasteiger partial charge on any atom is 0.303 e. The van der Waals surface area contributed by atoms with Gasteiger partial charge in [0.05, 0.1) is 18.1 Å². The van der Waals surface area contributed by atoms with Gasteiger partial charge in [0.2, 0.25) is 0 Å². The first-order valence-corrected chi connectivity index (χ1v) is 12.1. The van der Waals surface area contributed by atoms with E-state index in [1.54, 1.807) is 18.6 Å². The van der Waals surface area contributed by atoms with E-state index in [1.807, 2.05) is 13.0 Å². The van der Waals surface area contributed by atoms with Crippen LogP contribution in [0.5, 0.6) is 0 Å². The standard InChI is InChI=1S/C27H40O5/c1-19(29)32-22(21-12-16-31-18-21)9-7-20(17-28)8-10-24-26(4)14-6-13-25(2,3)23(26)11-15-27(24,5)30/h7,12,16-18,22-24,30H,6,8-11,13-15H2,1-5H3/b20-7-/t22-,23-,24+,26-,27+/m0/s1. The van der Waals surface area contributed by atoms with Crippen LogP contribution >= 0.6 is 0 Å². The van der Waals surface area contributed by atoms with Crippen molar-refractivity contribution in [2.75, 3.05) is 0 Å². The maximum atomic E-state index is 11.9. The summed E-state index contributed by atoms with van der Waals surface area (Å²) in [6, 6.07) is 1.77. The number of fused-ring (bicyclic) bond motifs is 1. The Morgan fingerprint density at radius 1 is 1.28 bits per heavy atom. The molecule has 5 nitrogen and oxygen atoms in total. The van der Waals surface area contributed by atoms with Crippen LogP contribution in [0.25, 0.3) is 0 Å². The number of hydrogen-bond donors (Lipinski definition) is 1. The third-order valence-electron chi connectivity index (χ3n) is 8.45. The summed E-state index contributed by atoms with van der Waals surface area (Å²) >= 11 is 0. The van der Waals surface area contributed by atoms with Gasteiger partial charge in [0.15, 0.2) is 0 Å². The molecule has 0 amide bonds. The van der Waals surface area contributed by atoms with Crippen LogP contribution in [-0.2, 0) is 14.3 Å². The van der Waals surface area contributed by atoms with Gasteiger partial charge in [0.1, 0.15) is 12.4 Å². The van der Waals surface area contributed by atoms with Crippen LogP contribution in [-0.4, -0.2) is 23.0 Å². The SMILES string of the molecule is CC(=O)O[C@@H](C/C=C(\C=O)CC[C@@H]1[C@@]2(C)CCCC(C)(C)[C@@H]2CC[C@@]1(C)O)c1ccoc1. The van der Waals surface area contributed by atoms with Crippen LogP contribution in [0.15, 0.2) is 34.7 Å². The monoisotopic (exact) mass is 444 g/mol. The molecule has 1 heterocycles. The minimum Gasteiger partial charge on any atom is -0.472 e. The van der Waals surface area contributed by atoms with Crippen molar-refractivity contribution in [1.29, 1.82) is 0 Å². The van der Waals surface area contributed by atoms with E-state index in [4.69, 9.17) is 9.15 Å². The largest absolute Gasteiger partial charge is 0.472 e. The summed E-state index contributed by atoms with van der Waals surface area (Å²) in [6.07, 6.45) is 12.7. The zero-order valence-electron chi connectivity index (χ0n) is 20.4. The van der Waals surface area contributed by atoms with E-state index in [9.17, 15) is 14.7 Å². The van der Waals surface area contributed by atoms with E-state index >= 15 is 0 Å². The third-order valence-corrected chi connectivity index (χ3v) is 8.45. The summed E-state index contributed by atoms with van der Waals surface area (Å²) < 4.78 is 10.6. The second kappa shape index (κ2) is 9.54. The molecule has 2 saturated carbocycles. The van der Waals surface area contributed by atoms with E-state index in [0.29, 0.717) is 24.3 Å². The van der Waals surface area contributed by atoms with Crippen molar-refractivity contribution in [3.05, 3.63) is 35.8 Å². The Labute approximate surface area is 192 Å². The summed E-state index contributed by atoms with van der Waals surface area (Å²) in [5.74, 6) is 0.372. The van der Waals surface area contributed by atoms with Crippen LogP contribution in [0.3, 0.4) is 0 Å². The van der Waals surface area contributed by atoms with E-state index in [2.05, 4.69) is 20.8 Å². The molecule has 2 fully saturated rings. The average molecular weight is 445 g/mol. The highest BCUT2D eigenvalue weighted by Crippen LogP contribution is 2.63. The first kappa shape index (κ1) is 24.8. The second-order valence-electron chi connectivity index (χ2n) is 11.2.